The van der Waals surface area contributed by atoms with Crippen molar-refractivity contribution in [2.24, 2.45) is 0 Å². The third kappa shape index (κ3) is 11.3. The van der Waals surface area contributed by atoms with Crippen LogP contribution in [0.5, 0.6) is 0 Å². The van der Waals surface area contributed by atoms with E-state index < -0.39 is 0 Å². The number of carbonyl (C=O) groups is 2. The summed E-state index contributed by atoms with van der Waals surface area (Å²) in [6, 6.07) is 9.37. The van der Waals surface area contributed by atoms with E-state index in [0.717, 1.165) is 18.8 Å². The second-order valence-corrected chi connectivity index (χ2v) is 3.74. The van der Waals surface area contributed by atoms with Gasteiger partial charge in [0.05, 0.1) is 0 Å². The molecule has 114 valence electrons. The predicted molar refractivity (Wildman–Crippen MR) is 85.7 cm³/mol. The van der Waals surface area contributed by atoms with Gasteiger partial charge in [0, 0.05) is 32.6 Å². The molecule has 2 amide bonds. The number of anilines is 1. The van der Waals surface area contributed by atoms with Crippen molar-refractivity contribution in [1.82, 2.24) is 4.90 Å². The maximum atomic E-state index is 10.5. The Morgan fingerprint density at radius 2 is 1.45 bits per heavy atom. The Morgan fingerprint density at radius 3 is 1.70 bits per heavy atom. The molecule has 0 aliphatic carbocycles. The molecule has 1 aromatic carbocycles. The summed E-state index contributed by atoms with van der Waals surface area (Å²) < 4.78 is 0. The number of hydrogen-bond donors (Lipinski definition) is 1. The van der Waals surface area contributed by atoms with E-state index in [-0.39, 0.29) is 11.8 Å². The molecule has 20 heavy (non-hydrogen) atoms. The quantitative estimate of drug-likeness (QED) is 0.920. The lowest BCUT2D eigenvalue weighted by molar-refractivity contribution is -0.128. The van der Waals surface area contributed by atoms with E-state index in [9.17, 15) is 9.59 Å². The Balaban J connectivity index is 0. The zero-order chi connectivity index (χ0) is 16.0. The van der Waals surface area contributed by atoms with Gasteiger partial charge < -0.3 is 10.2 Å². The molecule has 4 heteroatoms. The second kappa shape index (κ2) is 13.6. The van der Waals surface area contributed by atoms with Crippen LogP contribution in [-0.4, -0.2) is 29.8 Å². The average molecular weight is 280 g/mol. The van der Waals surface area contributed by atoms with Gasteiger partial charge in [-0.05, 0) is 26.0 Å². The molecule has 0 bridgehead atoms. The lowest BCUT2D eigenvalue weighted by Gasteiger charge is -2.14. The van der Waals surface area contributed by atoms with Gasteiger partial charge in [-0.3, -0.25) is 9.59 Å². The molecule has 0 aliphatic heterocycles. The van der Waals surface area contributed by atoms with Crippen LogP contribution in [0.3, 0.4) is 0 Å². The highest BCUT2D eigenvalue weighted by Crippen LogP contribution is 2.03. The zero-order valence-electron chi connectivity index (χ0n) is 13.6. The van der Waals surface area contributed by atoms with Gasteiger partial charge in [0.25, 0.3) is 0 Å². The van der Waals surface area contributed by atoms with Crippen molar-refractivity contribution in [3.63, 3.8) is 0 Å². The summed E-state index contributed by atoms with van der Waals surface area (Å²) in [5, 5.41) is 2.67. The lowest BCUT2D eigenvalue weighted by atomic mass is 10.3. The van der Waals surface area contributed by atoms with E-state index in [1.54, 1.807) is 11.8 Å². The third-order valence-corrected chi connectivity index (χ3v) is 2.30. The van der Waals surface area contributed by atoms with Gasteiger partial charge in [-0.1, -0.05) is 32.0 Å². The van der Waals surface area contributed by atoms with Gasteiger partial charge in [-0.2, -0.15) is 0 Å². The smallest absolute Gasteiger partial charge is 0.221 e. The fourth-order valence-electron chi connectivity index (χ4n) is 1.39. The zero-order valence-corrected chi connectivity index (χ0v) is 13.6. The Kier molecular flexibility index (Phi) is 13.9. The molecule has 1 aromatic rings. The largest absolute Gasteiger partial charge is 0.343 e. The number of nitrogens with zero attached hydrogens (tertiary/aromatic N) is 1. The highest BCUT2D eigenvalue weighted by Gasteiger charge is 1.99. The van der Waals surface area contributed by atoms with Crippen molar-refractivity contribution in [2.75, 3.05) is 18.4 Å². The van der Waals surface area contributed by atoms with E-state index in [1.807, 2.05) is 58.0 Å². The first-order chi connectivity index (χ1) is 9.51. The van der Waals surface area contributed by atoms with Gasteiger partial charge in [0.2, 0.25) is 11.8 Å². The summed E-state index contributed by atoms with van der Waals surface area (Å²) in [6.45, 7) is 12.7. The summed E-state index contributed by atoms with van der Waals surface area (Å²) >= 11 is 0. The van der Waals surface area contributed by atoms with E-state index >= 15 is 0 Å². The van der Waals surface area contributed by atoms with Gasteiger partial charge in [-0.15, -0.1) is 0 Å². The van der Waals surface area contributed by atoms with Crippen molar-refractivity contribution in [3.05, 3.63) is 30.3 Å². The van der Waals surface area contributed by atoms with Gasteiger partial charge >= 0.3 is 0 Å². The number of para-hydroxylation sites is 1. The van der Waals surface area contributed by atoms with Crippen molar-refractivity contribution < 1.29 is 9.59 Å². The lowest BCUT2D eigenvalue weighted by Crippen LogP contribution is -2.27. The van der Waals surface area contributed by atoms with Crippen LogP contribution < -0.4 is 5.32 Å². The fourth-order valence-corrected chi connectivity index (χ4v) is 1.39. The normalized spacial score (nSPS) is 8.30. The monoisotopic (exact) mass is 280 g/mol. The van der Waals surface area contributed by atoms with Crippen molar-refractivity contribution in [2.45, 2.75) is 41.5 Å². The molecule has 0 spiro atoms. The van der Waals surface area contributed by atoms with Crippen LogP contribution in [0.1, 0.15) is 41.5 Å². The van der Waals surface area contributed by atoms with Gasteiger partial charge in [0.15, 0.2) is 0 Å². The average Bonchev–Trinajstić information content (AvgIpc) is 2.43. The van der Waals surface area contributed by atoms with Crippen LogP contribution in [0.4, 0.5) is 5.69 Å². The number of nitrogens with one attached hydrogen (secondary N) is 1. The predicted octanol–water partition coefficient (Wildman–Crippen LogP) is 3.55. The van der Waals surface area contributed by atoms with E-state index in [0.29, 0.717) is 0 Å². The molecule has 0 saturated carbocycles. The molecule has 0 unspecified atom stereocenters. The summed E-state index contributed by atoms with van der Waals surface area (Å²) in [4.78, 5) is 22.8. The number of benzene rings is 1. The third-order valence-electron chi connectivity index (χ3n) is 2.30. The van der Waals surface area contributed by atoms with Crippen LogP contribution in [0.2, 0.25) is 0 Å². The molecule has 0 aliphatic rings. The van der Waals surface area contributed by atoms with Crippen LogP contribution in [0, 0.1) is 0 Å². The first-order valence-electron chi connectivity index (χ1n) is 7.09. The summed E-state index contributed by atoms with van der Waals surface area (Å²) in [5.41, 5.74) is 0.843. The van der Waals surface area contributed by atoms with E-state index in [4.69, 9.17) is 0 Å². The number of rotatable bonds is 3. The highest BCUT2D eigenvalue weighted by molar-refractivity contribution is 5.88. The maximum absolute atomic E-state index is 10.5. The Bertz CT molecular complexity index is 360. The van der Waals surface area contributed by atoms with Gasteiger partial charge in [-0.25, -0.2) is 0 Å². The molecule has 0 heterocycles. The summed E-state index contributed by atoms with van der Waals surface area (Å²) in [6.07, 6.45) is 0. The standard InChI is InChI=1S/C8H9NO.C6H13NO.C2H6/c1-7(10)9-8-5-3-2-4-6-8;1-4-7(5-2)6(3)8;1-2/h2-6H,1H3,(H,9,10);4-5H2,1-3H3;1-2H3. The molecule has 1 rings (SSSR count). The first-order valence-corrected chi connectivity index (χ1v) is 7.09. The van der Waals surface area contributed by atoms with Gasteiger partial charge in [0.1, 0.15) is 0 Å². The molecule has 4 nitrogen and oxygen atoms in total. The highest BCUT2D eigenvalue weighted by atomic mass is 16.2. The first kappa shape index (κ1) is 20.5. The van der Waals surface area contributed by atoms with Crippen molar-refractivity contribution in [1.29, 1.82) is 0 Å². The molecule has 1 N–H and O–H groups in total. The molecule has 0 atom stereocenters. The molecular formula is C16H28N2O2. The van der Waals surface area contributed by atoms with Crippen molar-refractivity contribution in [3.8, 4) is 0 Å². The SMILES string of the molecule is CC.CC(=O)Nc1ccccc1.CCN(CC)C(C)=O. The molecule has 0 saturated heterocycles. The van der Waals surface area contributed by atoms with E-state index in [1.165, 1.54) is 6.92 Å². The molecule has 0 fully saturated rings. The maximum Gasteiger partial charge on any atom is 0.221 e. The second-order valence-electron chi connectivity index (χ2n) is 3.74. The van der Waals surface area contributed by atoms with E-state index in [2.05, 4.69) is 5.32 Å². The fraction of sp³-hybridized carbons (Fsp3) is 0.500. The summed E-state index contributed by atoms with van der Waals surface area (Å²) in [7, 11) is 0. The molecular weight excluding hydrogens is 252 g/mol. The number of hydrogen-bond acceptors (Lipinski definition) is 2. The minimum atomic E-state index is -0.0359. The van der Waals surface area contributed by atoms with Crippen molar-refractivity contribution >= 4 is 17.5 Å². The topological polar surface area (TPSA) is 49.4 Å². The number of carbonyl (C=O) groups excluding carboxylic acids is 2. The number of amides is 2. The Morgan fingerprint density at radius 1 is 1.00 bits per heavy atom. The van der Waals surface area contributed by atoms with Crippen LogP contribution in [-0.2, 0) is 9.59 Å². The Hall–Kier alpha value is -1.84. The van der Waals surface area contributed by atoms with Crippen LogP contribution in [0.25, 0.3) is 0 Å². The Labute approximate surface area is 123 Å². The summed E-state index contributed by atoms with van der Waals surface area (Å²) in [5.74, 6) is 0.126. The minimum Gasteiger partial charge on any atom is -0.343 e. The minimum absolute atomic E-state index is 0.0359. The molecule has 0 aromatic heterocycles. The van der Waals surface area contributed by atoms with Crippen LogP contribution in [0.15, 0.2) is 30.3 Å². The molecule has 0 radical (unpaired) electrons. The van der Waals surface area contributed by atoms with Crippen LogP contribution >= 0.6 is 0 Å².